The predicted octanol–water partition coefficient (Wildman–Crippen LogP) is 3.30. The molecule has 0 spiro atoms. The van der Waals surface area contributed by atoms with E-state index in [1.165, 1.54) is 24.8 Å². The number of hydrogen-bond donors (Lipinski definition) is 1. The number of fused-ring (bicyclic) bond motifs is 1. The first-order chi connectivity index (χ1) is 12.7. The first kappa shape index (κ1) is 17.5. The maximum Gasteiger partial charge on any atom is 0.133 e. The molecule has 0 amide bonds. The highest BCUT2D eigenvalue weighted by Crippen LogP contribution is 2.47. The number of methoxy groups -OCH3 is 1. The Balaban J connectivity index is 1.32. The van der Waals surface area contributed by atoms with Gasteiger partial charge < -0.3 is 14.7 Å². The van der Waals surface area contributed by atoms with E-state index < -0.39 is 0 Å². The molecule has 4 heteroatoms. The van der Waals surface area contributed by atoms with E-state index in [0.717, 1.165) is 49.8 Å². The molecule has 1 aliphatic heterocycles. The molecule has 1 aromatic carbocycles. The fourth-order valence-corrected chi connectivity index (χ4v) is 4.91. The minimum absolute atomic E-state index is 0.0152. The van der Waals surface area contributed by atoms with E-state index in [1.54, 1.807) is 6.07 Å². The number of hydrogen-bond acceptors (Lipinski definition) is 4. The normalized spacial score (nSPS) is 28.3. The molecular weight excluding hydrogens is 324 g/mol. The van der Waals surface area contributed by atoms with Crippen molar-refractivity contribution in [3.63, 3.8) is 0 Å². The van der Waals surface area contributed by atoms with Gasteiger partial charge in [-0.15, -0.1) is 0 Å². The lowest BCUT2D eigenvalue weighted by Crippen LogP contribution is -2.34. The van der Waals surface area contributed by atoms with Crippen molar-refractivity contribution in [3.05, 3.63) is 59.9 Å². The molecule has 3 atom stereocenters. The van der Waals surface area contributed by atoms with Gasteiger partial charge in [-0.2, -0.15) is 0 Å². The minimum atomic E-state index is 0.0152. The van der Waals surface area contributed by atoms with Gasteiger partial charge in [0.25, 0.3) is 0 Å². The highest BCUT2D eigenvalue weighted by Gasteiger charge is 2.49. The number of aromatic hydroxyl groups is 1. The largest absolute Gasteiger partial charge is 0.506 e. The molecule has 2 fully saturated rings. The average Bonchev–Trinajstić information content (AvgIpc) is 3.18. The summed E-state index contributed by atoms with van der Waals surface area (Å²) in [5.74, 6) is 1.72. The highest BCUT2D eigenvalue weighted by molar-refractivity contribution is 5.19. The Morgan fingerprint density at radius 3 is 2.46 bits per heavy atom. The smallest absolute Gasteiger partial charge is 0.133 e. The lowest BCUT2D eigenvalue weighted by Gasteiger charge is -2.30. The summed E-state index contributed by atoms with van der Waals surface area (Å²) in [5, 5.41) is 9.34. The van der Waals surface area contributed by atoms with Crippen LogP contribution in [-0.2, 0) is 17.6 Å². The lowest BCUT2D eigenvalue weighted by atomic mass is 9.91. The number of likely N-dealkylation sites (tertiary alicyclic amines) is 1. The Morgan fingerprint density at radius 1 is 1.12 bits per heavy atom. The van der Waals surface area contributed by atoms with Crippen LogP contribution in [0.5, 0.6) is 5.75 Å². The van der Waals surface area contributed by atoms with Crippen molar-refractivity contribution in [1.82, 2.24) is 9.88 Å². The molecule has 26 heavy (non-hydrogen) atoms. The van der Waals surface area contributed by atoms with E-state index in [1.807, 2.05) is 13.2 Å². The zero-order valence-electron chi connectivity index (χ0n) is 15.5. The summed E-state index contributed by atoms with van der Waals surface area (Å²) in [4.78, 5) is 6.87. The Labute approximate surface area is 155 Å². The van der Waals surface area contributed by atoms with Gasteiger partial charge in [-0.3, -0.25) is 4.98 Å². The first-order valence-corrected chi connectivity index (χ1v) is 9.61. The van der Waals surface area contributed by atoms with Gasteiger partial charge in [-0.25, -0.2) is 0 Å². The van der Waals surface area contributed by atoms with Crippen molar-refractivity contribution in [3.8, 4) is 5.75 Å². The molecule has 2 aromatic rings. The SMILES string of the molecule is CO[C@@]1(Cc2ccccc2)C[C@H]2CN(CCc3ccc(O)cn3)C[C@H]2C1. The molecule has 2 aliphatic rings. The maximum atomic E-state index is 9.34. The Kier molecular flexibility index (Phi) is 4.96. The second-order valence-electron chi connectivity index (χ2n) is 8.00. The zero-order valence-corrected chi connectivity index (χ0v) is 15.5. The third-order valence-corrected chi connectivity index (χ3v) is 6.22. The van der Waals surface area contributed by atoms with Crippen LogP contribution in [0.3, 0.4) is 0 Å². The van der Waals surface area contributed by atoms with Crippen molar-refractivity contribution in [2.24, 2.45) is 11.8 Å². The van der Waals surface area contributed by atoms with Gasteiger partial charge in [0.1, 0.15) is 5.75 Å². The van der Waals surface area contributed by atoms with Crippen LogP contribution < -0.4 is 0 Å². The molecular formula is C22H28N2O2. The summed E-state index contributed by atoms with van der Waals surface area (Å²) in [5.41, 5.74) is 2.45. The Bertz CT molecular complexity index is 703. The number of pyridine rings is 1. The van der Waals surface area contributed by atoms with E-state index >= 15 is 0 Å². The van der Waals surface area contributed by atoms with Gasteiger partial charge in [0.15, 0.2) is 0 Å². The van der Waals surface area contributed by atoms with E-state index in [2.05, 4.69) is 40.2 Å². The minimum Gasteiger partial charge on any atom is -0.506 e. The topological polar surface area (TPSA) is 45.6 Å². The molecule has 1 saturated heterocycles. The second-order valence-corrected chi connectivity index (χ2v) is 8.00. The molecule has 2 heterocycles. The number of nitrogens with zero attached hydrogens (tertiary/aromatic N) is 2. The lowest BCUT2D eigenvalue weighted by molar-refractivity contribution is -0.0130. The molecule has 1 N–H and O–H groups in total. The van der Waals surface area contributed by atoms with Crippen LogP contribution in [0.4, 0.5) is 0 Å². The molecule has 4 nitrogen and oxygen atoms in total. The Hall–Kier alpha value is -1.91. The van der Waals surface area contributed by atoms with Crippen LogP contribution in [0, 0.1) is 11.8 Å². The Morgan fingerprint density at radius 2 is 1.85 bits per heavy atom. The van der Waals surface area contributed by atoms with E-state index in [-0.39, 0.29) is 11.4 Å². The van der Waals surface area contributed by atoms with Crippen molar-refractivity contribution in [2.75, 3.05) is 26.7 Å². The molecule has 138 valence electrons. The van der Waals surface area contributed by atoms with Gasteiger partial charge >= 0.3 is 0 Å². The monoisotopic (exact) mass is 352 g/mol. The summed E-state index contributed by atoms with van der Waals surface area (Å²) >= 11 is 0. The van der Waals surface area contributed by atoms with Gasteiger partial charge in [-0.1, -0.05) is 30.3 Å². The van der Waals surface area contributed by atoms with Crippen molar-refractivity contribution >= 4 is 0 Å². The predicted molar refractivity (Wildman–Crippen MR) is 102 cm³/mol. The number of benzene rings is 1. The molecule has 1 aromatic heterocycles. The number of ether oxygens (including phenoxy) is 1. The first-order valence-electron chi connectivity index (χ1n) is 9.61. The average molecular weight is 352 g/mol. The fraction of sp³-hybridized carbons (Fsp3) is 0.500. The second kappa shape index (κ2) is 7.37. The molecule has 4 rings (SSSR count). The molecule has 0 radical (unpaired) electrons. The summed E-state index contributed by atoms with van der Waals surface area (Å²) in [6, 6.07) is 14.4. The van der Waals surface area contributed by atoms with Gasteiger partial charge in [0, 0.05) is 45.3 Å². The quantitative estimate of drug-likeness (QED) is 0.866. The molecule has 0 bridgehead atoms. The number of aromatic nitrogens is 1. The van der Waals surface area contributed by atoms with Crippen molar-refractivity contribution in [1.29, 1.82) is 0 Å². The van der Waals surface area contributed by atoms with E-state index in [0.29, 0.717) is 0 Å². The molecule has 1 saturated carbocycles. The number of rotatable bonds is 6. The van der Waals surface area contributed by atoms with Crippen molar-refractivity contribution in [2.45, 2.75) is 31.3 Å². The van der Waals surface area contributed by atoms with Crippen LogP contribution in [-0.4, -0.2) is 47.3 Å². The summed E-state index contributed by atoms with van der Waals surface area (Å²) in [7, 11) is 1.89. The van der Waals surface area contributed by atoms with Crippen LogP contribution in [0.25, 0.3) is 0 Å². The van der Waals surface area contributed by atoms with Gasteiger partial charge in [0.2, 0.25) is 0 Å². The summed E-state index contributed by atoms with van der Waals surface area (Å²) in [6.45, 7) is 3.38. The van der Waals surface area contributed by atoms with Crippen LogP contribution in [0.15, 0.2) is 48.7 Å². The summed E-state index contributed by atoms with van der Waals surface area (Å²) in [6.07, 6.45) is 5.83. The van der Waals surface area contributed by atoms with Crippen LogP contribution >= 0.6 is 0 Å². The third kappa shape index (κ3) is 3.76. The molecule has 1 aliphatic carbocycles. The molecule has 0 unspecified atom stereocenters. The highest BCUT2D eigenvalue weighted by atomic mass is 16.5. The third-order valence-electron chi connectivity index (χ3n) is 6.22. The fourth-order valence-electron chi connectivity index (χ4n) is 4.91. The van der Waals surface area contributed by atoms with E-state index in [9.17, 15) is 5.11 Å². The van der Waals surface area contributed by atoms with Gasteiger partial charge in [0.05, 0.1) is 11.8 Å². The van der Waals surface area contributed by atoms with Gasteiger partial charge in [-0.05, 0) is 42.4 Å². The maximum absolute atomic E-state index is 9.34. The zero-order chi connectivity index (χ0) is 18.0. The van der Waals surface area contributed by atoms with Crippen molar-refractivity contribution < 1.29 is 9.84 Å². The summed E-state index contributed by atoms with van der Waals surface area (Å²) < 4.78 is 6.06. The standard InChI is InChI=1S/C22H28N2O2/c1-26-22(11-17-5-3-2-4-6-17)12-18-15-24(16-19(18)13-22)10-9-20-7-8-21(25)14-23-20/h2-8,14,18-19,25H,9-13,15-16H2,1H3/t18-,19+,22-. The van der Waals surface area contributed by atoms with Crippen LogP contribution in [0.1, 0.15) is 24.1 Å². The van der Waals surface area contributed by atoms with E-state index in [4.69, 9.17) is 4.74 Å². The van der Waals surface area contributed by atoms with Crippen LogP contribution in [0.2, 0.25) is 0 Å².